The number of hydrogen-bond acceptors (Lipinski definition) is 6. The van der Waals surface area contributed by atoms with Crippen molar-refractivity contribution >= 4 is 63.5 Å². The van der Waals surface area contributed by atoms with E-state index in [0.29, 0.717) is 16.4 Å². The first-order valence-corrected chi connectivity index (χ1v) is 8.42. The summed E-state index contributed by atoms with van der Waals surface area (Å²) in [5, 5.41) is 17.6. The van der Waals surface area contributed by atoms with E-state index in [2.05, 4.69) is 20.6 Å². The van der Waals surface area contributed by atoms with Crippen molar-refractivity contribution in [1.82, 2.24) is 9.97 Å². The van der Waals surface area contributed by atoms with E-state index >= 15 is 0 Å². The van der Waals surface area contributed by atoms with Gasteiger partial charge in [-0.15, -0.1) is 0 Å². The average molecular weight is 429 g/mol. The minimum absolute atomic E-state index is 0.0657. The van der Waals surface area contributed by atoms with Gasteiger partial charge in [-0.25, -0.2) is 14.4 Å². The summed E-state index contributed by atoms with van der Waals surface area (Å²) in [4.78, 5) is 18.7. The van der Waals surface area contributed by atoms with Gasteiger partial charge in [0.15, 0.2) is 0 Å². The highest BCUT2D eigenvalue weighted by Crippen LogP contribution is 2.34. The standard InChI is InChI=1S/C16H9Cl3FN5O2/c17-10-3-1-8(5-11(10)18)23-15-14(25(26)27)16(22-7-21-15)24-9-2-4-13(20)12(19)6-9/h1-7H,(H2,21,22,23,24). The van der Waals surface area contributed by atoms with Crippen molar-refractivity contribution < 1.29 is 9.31 Å². The normalized spacial score (nSPS) is 10.5. The maximum Gasteiger partial charge on any atom is 0.353 e. The predicted molar refractivity (Wildman–Crippen MR) is 103 cm³/mol. The number of aromatic nitrogens is 2. The molecule has 0 saturated heterocycles. The van der Waals surface area contributed by atoms with Crippen molar-refractivity contribution in [1.29, 1.82) is 0 Å². The predicted octanol–water partition coefficient (Wildman–Crippen LogP) is 5.97. The Balaban J connectivity index is 1.97. The Morgan fingerprint density at radius 2 is 1.44 bits per heavy atom. The SMILES string of the molecule is O=[N+]([O-])c1c(Nc2ccc(F)c(Cl)c2)ncnc1Nc1ccc(Cl)c(Cl)c1. The molecule has 0 aliphatic rings. The lowest BCUT2D eigenvalue weighted by Gasteiger charge is -2.11. The van der Waals surface area contributed by atoms with E-state index < -0.39 is 16.4 Å². The second-order valence-corrected chi connectivity index (χ2v) is 6.41. The van der Waals surface area contributed by atoms with E-state index in [1.54, 1.807) is 12.1 Å². The fourth-order valence-electron chi connectivity index (χ4n) is 2.16. The van der Waals surface area contributed by atoms with Crippen LogP contribution in [0.2, 0.25) is 15.1 Å². The van der Waals surface area contributed by atoms with Crippen LogP contribution in [-0.4, -0.2) is 14.9 Å². The van der Waals surface area contributed by atoms with Crippen molar-refractivity contribution in [2.75, 3.05) is 10.6 Å². The van der Waals surface area contributed by atoms with E-state index in [1.807, 2.05) is 0 Å². The van der Waals surface area contributed by atoms with E-state index in [0.717, 1.165) is 12.4 Å². The van der Waals surface area contributed by atoms with Crippen LogP contribution in [0.25, 0.3) is 0 Å². The smallest absolute Gasteiger partial charge is 0.334 e. The minimum Gasteiger partial charge on any atom is -0.334 e. The molecule has 2 aromatic carbocycles. The second kappa shape index (κ2) is 7.91. The van der Waals surface area contributed by atoms with Gasteiger partial charge in [-0.05, 0) is 36.4 Å². The van der Waals surface area contributed by atoms with Crippen LogP contribution >= 0.6 is 34.8 Å². The molecule has 0 amide bonds. The number of anilines is 4. The van der Waals surface area contributed by atoms with Crippen molar-refractivity contribution in [3.05, 3.63) is 73.7 Å². The summed E-state index contributed by atoms with van der Waals surface area (Å²) < 4.78 is 13.3. The van der Waals surface area contributed by atoms with E-state index in [9.17, 15) is 14.5 Å². The number of halogens is 4. The van der Waals surface area contributed by atoms with Gasteiger partial charge in [-0.2, -0.15) is 0 Å². The monoisotopic (exact) mass is 427 g/mol. The van der Waals surface area contributed by atoms with Gasteiger partial charge in [0.25, 0.3) is 0 Å². The molecule has 3 rings (SSSR count). The Bertz CT molecular complexity index is 963. The van der Waals surface area contributed by atoms with Crippen LogP contribution < -0.4 is 10.6 Å². The summed E-state index contributed by atoms with van der Waals surface area (Å²) in [7, 11) is 0. The van der Waals surface area contributed by atoms with Crippen LogP contribution in [0.1, 0.15) is 0 Å². The van der Waals surface area contributed by atoms with Crippen molar-refractivity contribution in [3.63, 3.8) is 0 Å². The lowest BCUT2D eigenvalue weighted by molar-refractivity contribution is -0.383. The van der Waals surface area contributed by atoms with Gasteiger partial charge in [0, 0.05) is 11.4 Å². The molecule has 27 heavy (non-hydrogen) atoms. The third kappa shape index (κ3) is 4.36. The molecule has 0 atom stereocenters. The number of benzene rings is 2. The van der Waals surface area contributed by atoms with Gasteiger partial charge >= 0.3 is 5.69 Å². The Kier molecular flexibility index (Phi) is 5.59. The molecule has 1 heterocycles. The Labute approximate surface area is 167 Å². The van der Waals surface area contributed by atoms with Gasteiger partial charge < -0.3 is 10.6 Å². The quantitative estimate of drug-likeness (QED) is 0.384. The summed E-state index contributed by atoms with van der Waals surface area (Å²) in [6.45, 7) is 0. The molecule has 7 nitrogen and oxygen atoms in total. The molecule has 0 radical (unpaired) electrons. The highest BCUT2D eigenvalue weighted by atomic mass is 35.5. The molecule has 0 spiro atoms. The third-order valence-electron chi connectivity index (χ3n) is 3.37. The van der Waals surface area contributed by atoms with E-state index in [1.165, 1.54) is 18.2 Å². The largest absolute Gasteiger partial charge is 0.353 e. The van der Waals surface area contributed by atoms with Gasteiger partial charge in [0.1, 0.15) is 12.1 Å². The maximum atomic E-state index is 13.3. The lowest BCUT2D eigenvalue weighted by atomic mass is 10.3. The van der Waals surface area contributed by atoms with E-state index in [-0.39, 0.29) is 21.7 Å². The zero-order chi connectivity index (χ0) is 19.6. The summed E-state index contributed by atoms with van der Waals surface area (Å²) in [6.07, 6.45) is 1.14. The molecule has 2 N–H and O–H groups in total. The molecule has 0 saturated carbocycles. The molecule has 0 bridgehead atoms. The number of hydrogen-bond donors (Lipinski definition) is 2. The Morgan fingerprint density at radius 1 is 0.889 bits per heavy atom. The minimum atomic E-state index is -0.646. The fourth-order valence-corrected chi connectivity index (χ4v) is 2.63. The van der Waals surface area contributed by atoms with E-state index in [4.69, 9.17) is 34.8 Å². The molecule has 1 aromatic heterocycles. The van der Waals surface area contributed by atoms with Gasteiger partial charge in [-0.3, -0.25) is 10.1 Å². The van der Waals surface area contributed by atoms with Crippen molar-refractivity contribution in [3.8, 4) is 0 Å². The number of rotatable bonds is 5. The summed E-state index contributed by atoms with van der Waals surface area (Å²) in [5.41, 5.74) is 0.356. The zero-order valence-corrected chi connectivity index (χ0v) is 15.5. The molecule has 0 aliphatic carbocycles. The molecule has 11 heteroatoms. The molecule has 0 unspecified atom stereocenters. The number of nitrogens with zero attached hydrogens (tertiary/aromatic N) is 3. The van der Waals surface area contributed by atoms with Crippen LogP contribution in [0.3, 0.4) is 0 Å². The Morgan fingerprint density at radius 3 is 1.96 bits per heavy atom. The summed E-state index contributed by atoms with van der Waals surface area (Å²) in [6, 6.07) is 8.43. The first-order valence-electron chi connectivity index (χ1n) is 7.28. The second-order valence-electron chi connectivity index (χ2n) is 5.18. The van der Waals surface area contributed by atoms with Crippen LogP contribution in [0, 0.1) is 15.9 Å². The highest BCUT2D eigenvalue weighted by Gasteiger charge is 2.23. The molecule has 3 aromatic rings. The first-order chi connectivity index (χ1) is 12.8. The van der Waals surface area contributed by atoms with Gasteiger partial charge in [0.05, 0.1) is 20.0 Å². The topological polar surface area (TPSA) is 93.0 Å². The highest BCUT2D eigenvalue weighted by molar-refractivity contribution is 6.42. The van der Waals surface area contributed by atoms with Crippen molar-refractivity contribution in [2.24, 2.45) is 0 Å². The maximum absolute atomic E-state index is 13.3. The van der Waals surface area contributed by atoms with Crippen LogP contribution in [-0.2, 0) is 0 Å². The van der Waals surface area contributed by atoms with Gasteiger partial charge in [0.2, 0.25) is 11.6 Å². The lowest BCUT2D eigenvalue weighted by Crippen LogP contribution is -2.05. The van der Waals surface area contributed by atoms with Crippen molar-refractivity contribution in [2.45, 2.75) is 0 Å². The third-order valence-corrected chi connectivity index (χ3v) is 4.40. The average Bonchev–Trinajstić information content (AvgIpc) is 2.61. The zero-order valence-electron chi connectivity index (χ0n) is 13.2. The van der Waals surface area contributed by atoms with Gasteiger partial charge in [-0.1, -0.05) is 34.8 Å². The van der Waals surface area contributed by atoms with Crippen LogP contribution in [0.5, 0.6) is 0 Å². The Hall–Kier alpha value is -2.68. The molecule has 0 aliphatic heterocycles. The molecule has 138 valence electrons. The van der Waals surface area contributed by atoms with Crippen LogP contribution in [0.4, 0.5) is 33.1 Å². The molecule has 0 fully saturated rings. The number of nitrogens with one attached hydrogen (secondary N) is 2. The summed E-state index contributed by atoms with van der Waals surface area (Å²) in [5.74, 6) is -0.772. The first kappa shape index (κ1) is 19.1. The fraction of sp³-hybridized carbons (Fsp3) is 0. The summed E-state index contributed by atoms with van der Waals surface area (Å²) >= 11 is 17.5. The molecular weight excluding hydrogens is 420 g/mol. The van der Waals surface area contributed by atoms with Crippen LogP contribution in [0.15, 0.2) is 42.7 Å². The number of nitro groups is 1. The molecular formula is C16H9Cl3FN5O2.